The van der Waals surface area contributed by atoms with Crippen LogP contribution in [0.1, 0.15) is 40.5 Å². The molecule has 2 rings (SSSR count). The van der Waals surface area contributed by atoms with E-state index in [0.29, 0.717) is 5.92 Å². The summed E-state index contributed by atoms with van der Waals surface area (Å²) in [5.74, 6) is 0.291. The van der Waals surface area contributed by atoms with Gasteiger partial charge in [-0.2, -0.15) is 0 Å². The number of likely N-dealkylation sites (N-methyl/N-ethyl adjacent to an activating group) is 2. The fourth-order valence-corrected chi connectivity index (χ4v) is 6.36. The Balaban J connectivity index is 2.02. The van der Waals surface area contributed by atoms with Gasteiger partial charge >= 0.3 is 0 Å². The molecular formula is C18H33N2O2P. The first-order valence-corrected chi connectivity index (χ1v) is 10.6. The molecule has 0 amide bonds. The summed E-state index contributed by atoms with van der Waals surface area (Å²) < 4.78 is 23.5. The van der Waals surface area contributed by atoms with Gasteiger partial charge in [-0.3, -0.25) is 4.57 Å². The summed E-state index contributed by atoms with van der Waals surface area (Å²) in [6.07, 6.45) is 7.69. The van der Waals surface area contributed by atoms with Crippen molar-refractivity contribution in [3.63, 3.8) is 0 Å². The maximum Gasteiger partial charge on any atom is 0.216 e. The highest BCUT2D eigenvalue weighted by atomic mass is 31.2. The second-order valence-corrected chi connectivity index (χ2v) is 10.3. The molecule has 4 nitrogen and oxygen atoms in total. The standard InChI is InChI=1S/C18H33N2O2P/c1-7-17-15(3)8-9-18(22-17)16(4)12-14(2)13-23(21)19(5)10-11-20(23)6/h8,12,14,17-18H,7,9-11,13H2,1-6H3/b16-12+/t14-,17+,18+/m0/s1. The van der Waals surface area contributed by atoms with Gasteiger partial charge in [0.15, 0.2) is 0 Å². The highest BCUT2D eigenvalue weighted by Gasteiger charge is 2.38. The number of hydrogen-bond donors (Lipinski definition) is 0. The number of nitrogens with zero attached hydrogens (tertiary/aromatic N) is 2. The van der Waals surface area contributed by atoms with Crippen LogP contribution in [-0.2, 0) is 9.30 Å². The van der Waals surface area contributed by atoms with Crippen LogP contribution < -0.4 is 0 Å². The lowest BCUT2D eigenvalue weighted by Gasteiger charge is -2.31. The molecule has 0 N–H and O–H groups in total. The molecule has 1 saturated heterocycles. The number of ether oxygens (including phenoxy) is 1. The van der Waals surface area contributed by atoms with Crippen molar-refractivity contribution in [3.05, 3.63) is 23.3 Å². The largest absolute Gasteiger partial charge is 0.366 e. The Morgan fingerprint density at radius 1 is 1.43 bits per heavy atom. The Hall–Kier alpha value is -0.410. The third-order valence-electron chi connectivity index (χ3n) is 5.26. The van der Waals surface area contributed by atoms with Crippen molar-refractivity contribution in [3.8, 4) is 0 Å². The van der Waals surface area contributed by atoms with Crippen LogP contribution in [0.2, 0.25) is 0 Å². The molecule has 0 aromatic rings. The summed E-state index contributed by atoms with van der Waals surface area (Å²) in [6.45, 7) is 10.5. The van der Waals surface area contributed by atoms with Gasteiger partial charge in [0, 0.05) is 19.3 Å². The fourth-order valence-electron chi connectivity index (χ4n) is 3.62. The summed E-state index contributed by atoms with van der Waals surface area (Å²) in [4.78, 5) is 0. The molecule has 3 atom stereocenters. The fraction of sp³-hybridized carbons (Fsp3) is 0.778. The SMILES string of the molecule is CC[C@H]1O[C@@H](/C(C)=C/[C@H](C)CP2(=O)N(C)CCN2C)CC=C1C. The van der Waals surface area contributed by atoms with Crippen LogP contribution in [0.4, 0.5) is 0 Å². The summed E-state index contributed by atoms with van der Waals surface area (Å²) in [5, 5.41) is 0. The van der Waals surface area contributed by atoms with E-state index < -0.39 is 7.44 Å². The third kappa shape index (κ3) is 4.17. The van der Waals surface area contributed by atoms with E-state index in [0.717, 1.165) is 32.1 Å². The quantitative estimate of drug-likeness (QED) is 0.556. The first kappa shape index (κ1) is 18.9. The maximum atomic E-state index is 13.2. The Morgan fingerprint density at radius 2 is 2.04 bits per heavy atom. The minimum Gasteiger partial charge on any atom is -0.366 e. The van der Waals surface area contributed by atoms with Gasteiger partial charge in [0.1, 0.15) is 0 Å². The maximum absolute atomic E-state index is 13.2. The third-order valence-corrected chi connectivity index (χ3v) is 8.84. The summed E-state index contributed by atoms with van der Waals surface area (Å²) in [5.41, 5.74) is 2.62. The van der Waals surface area contributed by atoms with Crippen LogP contribution in [-0.4, -0.2) is 54.9 Å². The highest BCUT2D eigenvalue weighted by molar-refractivity contribution is 7.59. The predicted octanol–water partition coefficient (Wildman–Crippen LogP) is 4.15. The predicted molar refractivity (Wildman–Crippen MR) is 98.0 cm³/mol. The zero-order chi connectivity index (χ0) is 17.2. The van der Waals surface area contributed by atoms with Crippen molar-refractivity contribution in [1.29, 1.82) is 0 Å². The topological polar surface area (TPSA) is 32.8 Å². The first-order valence-electron chi connectivity index (χ1n) is 8.80. The zero-order valence-electron chi connectivity index (χ0n) is 15.6. The molecule has 1 fully saturated rings. The molecular weight excluding hydrogens is 307 g/mol. The highest BCUT2D eigenvalue weighted by Crippen LogP contribution is 2.56. The van der Waals surface area contributed by atoms with Gasteiger partial charge in [-0.05, 0) is 57.8 Å². The van der Waals surface area contributed by atoms with E-state index in [4.69, 9.17) is 4.74 Å². The molecule has 23 heavy (non-hydrogen) atoms. The lowest BCUT2D eigenvalue weighted by molar-refractivity contribution is 0.0178. The molecule has 2 aliphatic heterocycles. The molecule has 132 valence electrons. The molecule has 2 heterocycles. The van der Waals surface area contributed by atoms with E-state index in [-0.39, 0.29) is 12.2 Å². The van der Waals surface area contributed by atoms with Gasteiger partial charge in [-0.15, -0.1) is 0 Å². The molecule has 0 spiro atoms. The summed E-state index contributed by atoms with van der Waals surface area (Å²) in [7, 11) is 1.60. The van der Waals surface area contributed by atoms with Crippen molar-refractivity contribution in [2.45, 2.75) is 52.7 Å². The van der Waals surface area contributed by atoms with Crippen molar-refractivity contribution < 1.29 is 9.30 Å². The molecule has 2 aliphatic rings. The molecule has 0 aromatic carbocycles. The molecule has 0 aliphatic carbocycles. The van der Waals surface area contributed by atoms with Crippen LogP contribution in [0.5, 0.6) is 0 Å². The lowest BCUT2D eigenvalue weighted by atomic mass is 9.97. The van der Waals surface area contributed by atoms with Gasteiger partial charge < -0.3 is 4.74 Å². The molecule has 0 unspecified atom stereocenters. The van der Waals surface area contributed by atoms with Crippen LogP contribution in [0.15, 0.2) is 23.3 Å². The van der Waals surface area contributed by atoms with E-state index in [1.165, 1.54) is 11.1 Å². The molecule has 0 saturated carbocycles. The molecule has 0 bridgehead atoms. The number of rotatable bonds is 5. The van der Waals surface area contributed by atoms with Crippen molar-refractivity contribution in [1.82, 2.24) is 9.34 Å². The first-order chi connectivity index (χ1) is 10.8. The normalized spacial score (nSPS) is 31.2. The summed E-state index contributed by atoms with van der Waals surface area (Å²) in [6, 6.07) is 0. The van der Waals surface area contributed by atoms with Crippen molar-refractivity contribution in [2.75, 3.05) is 33.3 Å². The monoisotopic (exact) mass is 340 g/mol. The van der Waals surface area contributed by atoms with E-state index in [2.05, 4.69) is 39.8 Å². The van der Waals surface area contributed by atoms with E-state index in [9.17, 15) is 4.57 Å². The molecule has 0 radical (unpaired) electrons. The molecule has 0 aromatic heterocycles. The zero-order valence-corrected chi connectivity index (χ0v) is 16.5. The van der Waals surface area contributed by atoms with Crippen LogP contribution in [0, 0.1) is 5.92 Å². The van der Waals surface area contributed by atoms with Gasteiger partial charge in [0.25, 0.3) is 0 Å². The minimum atomic E-state index is -2.36. The van der Waals surface area contributed by atoms with Crippen molar-refractivity contribution >= 4 is 7.44 Å². The van der Waals surface area contributed by atoms with Crippen molar-refractivity contribution in [2.24, 2.45) is 5.92 Å². The minimum absolute atomic E-state index is 0.172. The number of hydrogen-bond acceptors (Lipinski definition) is 2. The smallest absolute Gasteiger partial charge is 0.216 e. The van der Waals surface area contributed by atoms with Gasteiger partial charge in [-0.25, -0.2) is 9.34 Å². The Kier molecular flexibility index (Phi) is 6.29. The van der Waals surface area contributed by atoms with E-state index >= 15 is 0 Å². The lowest BCUT2D eigenvalue weighted by Crippen LogP contribution is -2.28. The Labute approximate surface area is 142 Å². The van der Waals surface area contributed by atoms with Crippen LogP contribution in [0.3, 0.4) is 0 Å². The van der Waals surface area contributed by atoms with Gasteiger partial charge in [-0.1, -0.05) is 26.0 Å². The van der Waals surface area contributed by atoms with Crippen LogP contribution in [0.25, 0.3) is 0 Å². The second kappa shape index (κ2) is 7.65. The second-order valence-electron chi connectivity index (χ2n) is 7.20. The van der Waals surface area contributed by atoms with E-state index in [1.54, 1.807) is 0 Å². The van der Waals surface area contributed by atoms with Crippen LogP contribution >= 0.6 is 7.44 Å². The average Bonchev–Trinajstić information content (AvgIpc) is 2.74. The number of allylic oxidation sites excluding steroid dienone is 1. The van der Waals surface area contributed by atoms with E-state index in [1.807, 2.05) is 23.4 Å². The van der Waals surface area contributed by atoms with Gasteiger partial charge in [0.2, 0.25) is 7.44 Å². The summed E-state index contributed by atoms with van der Waals surface area (Å²) >= 11 is 0. The Bertz CT molecular complexity index is 515. The Morgan fingerprint density at radius 3 is 2.61 bits per heavy atom. The molecule has 5 heteroatoms. The van der Waals surface area contributed by atoms with Gasteiger partial charge in [0.05, 0.1) is 12.2 Å². The average molecular weight is 340 g/mol.